The van der Waals surface area contributed by atoms with Crippen LogP contribution in [0.5, 0.6) is 11.5 Å². The molecule has 2 amide bonds. The number of ether oxygens (including phenoxy) is 3. The second-order valence-electron chi connectivity index (χ2n) is 5.52. The molecule has 0 bridgehead atoms. The van der Waals surface area contributed by atoms with Crippen LogP contribution in [0.1, 0.15) is 20.7 Å². The normalized spacial score (nSPS) is 10.2. The van der Waals surface area contributed by atoms with Crippen LogP contribution in [0.25, 0.3) is 0 Å². The Balaban J connectivity index is 2.37. The van der Waals surface area contributed by atoms with Crippen molar-refractivity contribution in [3.8, 4) is 11.5 Å². The molecule has 0 saturated heterocycles. The maximum atomic E-state index is 12.6. The van der Waals surface area contributed by atoms with Crippen LogP contribution < -0.4 is 20.5 Å². The van der Waals surface area contributed by atoms with Gasteiger partial charge in [0.25, 0.3) is 11.6 Å². The molecule has 2 rings (SSSR count). The first-order chi connectivity index (χ1) is 13.4. The molecule has 0 unspecified atom stereocenters. The van der Waals surface area contributed by atoms with E-state index in [2.05, 4.69) is 5.32 Å². The molecular weight excluding hydrogens is 370 g/mol. The van der Waals surface area contributed by atoms with Gasteiger partial charge in [0, 0.05) is 24.4 Å². The lowest BCUT2D eigenvalue weighted by molar-refractivity contribution is -0.385. The van der Waals surface area contributed by atoms with Gasteiger partial charge in [0.05, 0.1) is 24.7 Å². The van der Waals surface area contributed by atoms with Crippen LogP contribution in [0.4, 0.5) is 11.4 Å². The second kappa shape index (κ2) is 9.33. The van der Waals surface area contributed by atoms with Gasteiger partial charge in [0.1, 0.15) is 12.2 Å². The summed E-state index contributed by atoms with van der Waals surface area (Å²) in [7, 11) is 2.84. The molecule has 0 saturated carbocycles. The van der Waals surface area contributed by atoms with Gasteiger partial charge >= 0.3 is 0 Å². The maximum Gasteiger partial charge on any atom is 0.286 e. The number of benzene rings is 2. The van der Waals surface area contributed by atoms with Crippen molar-refractivity contribution in [3.05, 3.63) is 57.6 Å². The predicted octanol–water partition coefficient (Wildman–Crippen LogP) is 1.98. The van der Waals surface area contributed by atoms with Crippen LogP contribution in [0.3, 0.4) is 0 Å². The molecule has 10 heteroatoms. The number of rotatable bonds is 9. The number of nitrogens with one attached hydrogen (secondary N) is 1. The van der Waals surface area contributed by atoms with Gasteiger partial charge < -0.3 is 25.3 Å². The van der Waals surface area contributed by atoms with Crippen molar-refractivity contribution in [2.45, 2.75) is 0 Å². The number of carbonyl (C=O) groups is 2. The molecule has 3 N–H and O–H groups in total. The zero-order valence-corrected chi connectivity index (χ0v) is 15.3. The Labute approximate surface area is 160 Å². The van der Waals surface area contributed by atoms with Crippen molar-refractivity contribution in [2.24, 2.45) is 5.73 Å². The Kier molecular flexibility index (Phi) is 6.88. The van der Waals surface area contributed by atoms with Gasteiger partial charge in [-0.3, -0.25) is 19.7 Å². The number of nitrogens with zero attached hydrogens (tertiary/aromatic N) is 1. The molecule has 2 aromatic carbocycles. The van der Waals surface area contributed by atoms with E-state index in [1.165, 1.54) is 44.6 Å². The summed E-state index contributed by atoms with van der Waals surface area (Å²) < 4.78 is 15.5. The summed E-state index contributed by atoms with van der Waals surface area (Å²) in [5.74, 6) is -1.16. The number of carbonyl (C=O) groups excluding carboxylic acids is 2. The summed E-state index contributed by atoms with van der Waals surface area (Å²) in [5, 5.41) is 14.0. The molecule has 0 aliphatic carbocycles. The third-order valence-electron chi connectivity index (χ3n) is 3.67. The molecule has 148 valence electrons. The molecule has 0 radical (unpaired) electrons. The van der Waals surface area contributed by atoms with Gasteiger partial charge in [0.15, 0.2) is 11.5 Å². The number of hydrogen-bond donors (Lipinski definition) is 2. The fourth-order valence-corrected chi connectivity index (χ4v) is 2.34. The number of nitrogens with two attached hydrogens (primary N) is 1. The fraction of sp³-hybridized carbons (Fsp3) is 0.222. The third kappa shape index (κ3) is 4.95. The summed E-state index contributed by atoms with van der Waals surface area (Å²) in [6.07, 6.45) is 0. The van der Waals surface area contributed by atoms with Crippen molar-refractivity contribution in [3.63, 3.8) is 0 Å². The molecule has 10 nitrogen and oxygen atoms in total. The van der Waals surface area contributed by atoms with E-state index in [1.54, 1.807) is 0 Å². The van der Waals surface area contributed by atoms with Gasteiger partial charge in [-0.25, -0.2) is 0 Å². The van der Waals surface area contributed by atoms with Crippen molar-refractivity contribution < 1.29 is 28.7 Å². The van der Waals surface area contributed by atoms with Gasteiger partial charge in [-0.15, -0.1) is 0 Å². The molecule has 0 heterocycles. The Morgan fingerprint density at radius 3 is 2.50 bits per heavy atom. The molecule has 0 spiro atoms. The minimum absolute atomic E-state index is 0.110. The van der Waals surface area contributed by atoms with E-state index in [1.807, 2.05) is 0 Å². The number of primary amides is 1. The lowest BCUT2D eigenvalue weighted by Crippen LogP contribution is -2.16. The first kappa shape index (κ1) is 20.6. The Morgan fingerprint density at radius 1 is 1.14 bits per heavy atom. The predicted molar refractivity (Wildman–Crippen MR) is 99.9 cm³/mol. The van der Waals surface area contributed by atoms with Crippen LogP contribution >= 0.6 is 0 Å². The first-order valence-electron chi connectivity index (χ1n) is 8.06. The highest BCUT2D eigenvalue weighted by Crippen LogP contribution is 2.35. The van der Waals surface area contributed by atoms with E-state index in [0.717, 1.165) is 6.07 Å². The SMILES string of the molecule is COCCOc1cc([N+](=O)[O-])c(C(=O)Nc2cccc(C(N)=O)c2)cc1OC. The van der Waals surface area contributed by atoms with Crippen molar-refractivity contribution >= 4 is 23.2 Å². The van der Waals surface area contributed by atoms with Gasteiger partial charge in [0.2, 0.25) is 5.91 Å². The van der Waals surface area contributed by atoms with Gasteiger partial charge in [-0.1, -0.05) is 6.07 Å². The largest absolute Gasteiger partial charge is 0.493 e. The maximum absolute atomic E-state index is 12.6. The highest BCUT2D eigenvalue weighted by atomic mass is 16.6. The zero-order valence-electron chi connectivity index (χ0n) is 15.3. The molecule has 2 aromatic rings. The molecule has 0 aliphatic heterocycles. The van der Waals surface area contributed by atoms with Gasteiger partial charge in [-0.05, 0) is 18.2 Å². The van der Waals surface area contributed by atoms with E-state index in [-0.39, 0.29) is 41.5 Å². The standard InChI is InChI=1S/C18H19N3O7/c1-26-6-7-28-16-10-14(21(24)25)13(9-15(16)27-2)18(23)20-12-5-3-4-11(8-12)17(19)22/h3-5,8-10H,6-7H2,1-2H3,(H2,19,22)(H,20,23). The van der Waals surface area contributed by atoms with Crippen LogP contribution in [-0.4, -0.2) is 44.2 Å². The summed E-state index contributed by atoms with van der Waals surface area (Å²) in [6, 6.07) is 8.23. The summed E-state index contributed by atoms with van der Waals surface area (Å²) in [5.41, 5.74) is 4.97. The van der Waals surface area contributed by atoms with Crippen molar-refractivity contribution in [1.29, 1.82) is 0 Å². The Morgan fingerprint density at radius 2 is 1.89 bits per heavy atom. The topological polar surface area (TPSA) is 143 Å². The quantitative estimate of drug-likeness (QED) is 0.379. The lowest BCUT2D eigenvalue weighted by atomic mass is 10.1. The Hall–Kier alpha value is -3.66. The highest BCUT2D eigenvalue weighted by molar-refractivity contribution is 6.08. The molecule has 0 fully saturated rings. The van der Waals surface area contributed by atoms with Gasteiger partial charge in [-0.2, -0.15) is 0 Å². The summed E-state index contributed by atoms with van der Waals surface area (Å²) in [4.78, 5) is 34.6. The minimum atomic E-state index is -0.755. The monoisotopic (exact) mass is 389 g/mol. The number of amides is 2. The van der Waals surface area contributed by atoms with Crippen molar-refractivity contribution in [2.75, 3.05) is 32.8 Å². The number of anilines is 1. The zero-order chi connectivity index (χ0) is 20.7. The molecule has 0 aromatic heterocycles. The average molecular weight is 389 g/mol. The number of nitro benzene ring substituents is 1. The van der Waals surface area contributed by atoms with Crippen LogP contribution in [-0.2, 0) is 4.74 Å². The van der Waals surface area contributed by atoms with E-state index in [9.17, 15) is 19.7 Å². The highest BCUT2D eigenvalue weighted by Gasteiger charge is 2.25. The van der Waals surface area contributed by atoms with E-state index >= 15 is 0 Å². The number of nitro groups is 1. The molecule has 0 aliphatic rings. The number of methoxy groups -OCH3 is 2. The van der Waals surface area contributed by atoms with Crippen molar-refractivity contribution in [1.82, 2.24) is 0 Å². The summed E-state index contributed by atoms with van der Waals surface area (Å²) >= 11 is 0. The second-order valence-corrected chi connectivity index (χ2v) is 5.52. The van der Waals surface area contributed by atoms with Crippen LogP contribution in [0, 0.1) is 10.1 Å². The van der Waals surface area contributed by atoms with E-state index in [0.29, 0.717) is 0 Å². The summed E-state index contributed by atoms with van der Waals surface area (Å²) in [6.45, 7) is 0.421. The van der Waals surface area contributed by atoms with Crippen LogP contribution in [0.15, 0.2) is 36.4 Å². The van der Waals surface area contributed by atoms with E-state index in [4.69, 9.17) is 19.9 Å². The van der Waals surface area contributed by atoms with Crippen LogP contribution in [0.2, 0.25) is 0 Å². The minimum Gasteiger partial charge on any atom is -0.493 e. The Bertz CT molecular complexity index is 899. The third-order valence-corrected chi connectivity index (χ3v) is 3.67. The number of hydrogen-bond acceptors (Lipinski definition) is 7. The fourth-order valence-electron chi connectivity index (χ4n) is 2.34. The molecule has 0 atom stereocenters. The molecular formula is C18H19N3O7. The average Bonchev–Trinajstić information content (AvgIpc) is 2.67. The smallest absolute Gasteiger partial charge is 0.286 e. The lowest BCUT2D eigenvalue weighted by Gasteiger charge is -2.13. The molecule has 28 heavy (non-hydrogen) atoms. The first-order valence-corrected chi connectivity index (χ1v) is 8.06. The van der Waals surface area contributed by atoms with E-state index < -0.39 is 22.4 Å².